The molecule has 1 heterocycles. The van der Waals surface area contributed by atoms with Gasteiger partial charge in [-0.05, 0) is 36.2 Å². The molecule has 1 aliphatic rings. The molecule has 7 heteroatoms. The fourth-order valence-electron chi connectivity index (χ4n) is 3.29. The summed E-state index contributed by atoms with van der Waals surface area (Å²) in [4.78, 5) is 38.5. The van der Waals surface area contributed by atoms with Crippen LogP contribution < -0.4 is 0 Å². The van der Waals surface area contributed by atoms with Gasteiger partial charge in [-0.3, -0.25) is 4.79 Å². The van der Waals surface area contributed by atoms with Crippen LogP contribution in [0.25, 0.3) is 0 Å². The van der Waals surface area contributed by atoms with Gasteiger partial charge in [0, 0.05) is 20.0 Å². The molecule has 2 atom stereocenters. The van der Waals surface area contributed by atoms with Crippen molar-refractivity contribution in [1.29, 1.82) is 5.26 Å². The second-order valence-corrected chi connectivity index (χ2v) is 7.10. The number of cyclic esters (lactones) is 1. The van der Waals surface area contributed by atoms with Crippen molar-refractivity contribution < 1.29 is 23.9 Å². The summed E-state index contributed by atoms with van der Waals surface area (Å²) in [6, 6.07) is 16.0. The number of esters is 2. The summed E-state index contributed by atoms with van der Waals surface area (Å²) in [5.41, 5.74) is 2.25. The van der Waals surface area contributed by atoms with Gasteiger partial charge in [-0.1, -0.05) is 30.3 Å². The predicted octanol–water partition coefficient (Wildman–Crippen LogP) is 3.06. The quantitative estimate of drug-likeness (QED) is 0.684. The van der Waals surface area contributed by atoms with Gasteiger partial charge in [0.25, 0.3) is 5.91 Å². The molecule has 2 aromatic carbocycles. The zero-order chi connectivity index (χ0) is 21.7. The Labute approximate surface area is 174 Å². The van der Waals surface area contributed by atoms with Crippen LogP contribution in [0.2, 0.25) is 0 Å². The number of nitriles is 1. The van der Waals surface area contributed by atoms with Crippen molar-refractivity contribution in [2.45, 2.75) is 32.0 Å². The monoisotopic (exact) mass is 406 g/mol. The first-order valence-corrected chi connectivity index (χ1v) is 9.62. The van der Waals surface area contributed by atoms with E-state index < -0.39 is 24.1 Å². The minimum Gasteiger partial charge on any atom is -0.454 e. The third kappa shape index (κ3) is 4.66. The maximum absolute atomic E-state index is 12.6. The summed E-state index contributed by atoms with van der Waals surface area (Å²) in [5.74, 6) is -1.47. The SMILES string of the molecule is C[C@@H](OC(=O)c1ccc2c(c1)C[C@H](c1ccccc1)OC2=O)C(=O)N(C)CCC#N. The third-order valence-electron chi connectivity index (χ3n) is 4.95. The highest BCUT2D eigenvalue weighted by atomic mass is 16.6. The standard InChI is InChI=1S/C23H22N2O5/c1-15(21(26)25(2)12-6-11-24)29-22(27)17-9-10-19-18(13-17)14-20(30-23(19)28)16-7-4-3-5-8-16/h3-5,7-10,13,15,20H,6,12,14H2,1-2H3/t15-,20-/m1/s1. The van der Waals surface area contributed by atoms with Crippen LogP contribution in [0.4, 0.5) is 0 Å². The summed E-state index contributed by atoms with van der Waals surface area (Å²) in [6.07, 6.45) is -0.768. The molecule has 7 nitrogen and oxygen atoms in total. The molecule has 0 radical (unpaired) electrons. The molecule has 3 rings (SSSR count). The van der Waals surface area contributed by atoms with E-state index >= 15 is 0 Å². The molecule has 1 aliphatic heterocycles. The number of likely N-dealkylation sites (N-methyl/N-ethyl adjacent to an activating group) is 1. The Morgan fingerprint density at radius 1 is 1.27 bits per heavy atom. The predicted molar refractivity (Wildman–Crippen MR) is 107 cm³/mol. The number of carbonyl (C=O) groups excluding carboxylic acids is 3. The van der Waals surface area contributed by atoms with Gasteiger partial charge in [-0.25, -0.2) is 9.59 Å². The fraction of sp³-hybridized carbons (Fsp3) is 0.304. The molecule has 0 bridgehead atoms. The Kier molecular flexibility index (Phi) is 6.48. The molecule has 30 heavy (non-hydrogen) atoms. The van der Waals surface area contributed by atoms with Gasteiger partial charge in [-0.2, -0.15) is 5.26 Å². The van der Waals surface area contributed by atoms with E-state index in [4.69, 9.17) is 14.7 Å². The average molecular weight is 406 g/mol. The topological polar surface area (TPSA) is 96.7 Å². The number of hydrogen-bond donors (Lipinski definition) is 0. The van der Waals surface area contributed by atoms with Crippen LogP contribution in [0, 0.1) is 11.3 Å². The van der Waals surface area contributed by atoms with Crippen LogP contribution in [0.15, 0.2) is 48.5 Å². The Morgan fingerprint density at radius 2 is 2.00 bits per heavy atom. The molecular weight excluding hydrogens is 384 g/mol. The number of amides is 1. The highest BCUT2D eigenvalue weighted by Gasteiger charge is 2.29. The molecule has 1 amide bonds. The number of nitrogens with zero attached hydrogens (tertiary/aromatic N) is 2. The molecular formula is C23H22N2O5. The lowest BCUT2D eigenvalue weighted by molar-refractivity contribution is -0.138. The Morgan fingerprint density at radius 3 is 2.70 bits per heavy atom. The number of rotatable bonds is 6. The van der Waals surface area contributed by atoms with Crippen molar-refractivity contribution in [3.8, 4) is 6.07 Å². The van der Waals surface area contributed by atoms with Crippen molar-refractivity contribution in [3.63, 3.8) is 0 Å². The van der Waals surface area contributed by atoms with E-state index in [-0.39, 0.29) is 24.4 Å². The first-order chi connectivity index (χ1) is 14.4. The second kappa shape index (κ2) is 9.23. The van der Waals surface area contributed by atoms with Gasteiger partial charge in [0.1, 0.15) is 6.10 Å². The average Bonchev–Trinajstić information content (AvgIpc) is 2.76. The Hall–Kier alpha value is -3.66. The van der Waals surface area contributed by atoms with E-state index in [2.05, 4.69) is 0 Å². The number of fused-ring (bicyclic) bond motifs is 1. The maximum atomic E-state index is 12.6. The Balaban J connectivity index is 1.72. The number of hydrogen-bond acceptors (Lipinski definition) is 6. The van der Waals surface area contributed by atoms with Crippen LogP contribution in [0.5, 0.6) is 0 Å². The third-order valence-corrected chi connectivity index (χ3v) is 4.95. The van der Waals surface area contributed by atoms with Crippen LogP contribution in [-0.2, 0) is 20.7 Å². The van der Waals surface area contributed by atoms with E-state index in [1.807, 2.05) is 36.4 Å². The molecule has 154 valence electrons. The normalized spacial score (nSPS) is 15.9. The van der Waals surface area contributed by atoms with Gasteiger partial charge in [0.15, 0.2) is 6.10 Å². The summed E-state index contributed by atoms with van der Waals surface area (Å²) in [7, 11) is 1.55. The van der Waals surface area contributed by atoms with Gasteiger partial charge in [-0.15, -0.1) is 0 Å². The summed E-state index contributed by atoms with van der Waals surface area (Å²) < 4.78 is 10.8. The molecule has 0 spiro atoms. The van der Waals surface area contributed by atoms with Gasteiger partial charge in [0.2, 0.25) is 0 Å². The van der Waals surface area contributed by atoms with E-state index in [9.17, 15) is 14.4 Å². The van der Waals surface area contributed by atoms with E-state index in [0.29, 0.717) is 17.5 Å². The largest absolute Gasteiger partial charge is 0.454 e. The van der Waals surface area contributed by atoms with E-state index in [1.165, 1.54) is 17.9 Å². The minimum atomic E-state index is -0.987. The van der Waals surface area contributed by atoms with Crippen LogP contribution in [0.1, 0.15) is 51.3 Å². The van der Waals surface area contributed by atoms with Gasteiger partial charge < -0.3 is 14.4 Å². The lowest BCUT2D eigenvalue weighted by Crippen LogP contribution is -2.38. The number of carbonyl (C=O) groups is 3. The molecule has 2 aromatic rings. The smallest absolute Gasteiger partial charge is 0.339 e. The zero-order valence-corrected chi connectivity index (χ0v) is 16.8. The summed E-state index contributed by atoms with van der Waals surface area (Å²) >= 11 is 0. The van der Waals surface area contributed by atoms with Gasteiger partial charge in [0.05, 0.1) is 23.6 Å². The number of benzene rings is 2. The highest BCUT2D eigenvalue weighted by molar-refractivity contribution is 5.96. The second-order valence-electron chi connectivity index (χ2n) is 7.10. The summed E-state index contributed by atoms with van der Waals surface area (Å²) in [6.45, 7) is 1.75. The first kappa shape index (κ1) is 21.1. The molecule has 0 N–H and O–H groups in total. The van der Waals surface area contributed by atoms with Crippen molar-refractivity contribution in [1.82, 2.24) is 4.90 Å². The lowest BCUT2D eigenvalue weighted by atomic mass is 9.93. The zero-order valence-electron chi connectivity index (χ0n) is 16.8. The minimum absolute atomic E-state index is 0.201. The number of ether oxygens (including phenoxy) is 2. The van der Waals surface area contributed by atoms with Gasteiger partial charge >= 0.3 is 11.9 Å². The molecule has 0 saturated heterocycles. The molecule has 0 aromatic heterocycles. The molecule has 0 unspecified atom stereocenters. The lowest BCUT2D eigenvalue weighted by Gasteiger charge is -2.25. The molecule has 0 aliphatic carbocycles. The van der Waals surface area contributed by atoms with Crippen LogP contribution >= 0.6 is 0 Å². The van der Waals surface area contributed by atoms with E-state index in [0.717, 1.165) is 5.56 Å². The van der Waals surface area contributed by atoms with E-state index in [1.54, 1.807) is 19.2 Å². The van der Waals surface area contributed by atoms with Crippen molar-refractivity contribution in [2.75, 3.05) is 13.6 Å². The molecule has 0 fully saturated rings. The summed E-state index contributed by atoms with van der Waals surface area (Å²) in [5, 5.41) is 8.63. The van der Waals surface area contributed by atoms with Crippen molar-refractivity contribution >= 4 is 17.8 Å². The van der Waals surface area contributed by atoms with Crippen molar-refractivity contribution in [2.24, 2.45) is 0 Å². The van der Waals surface area contributed by atoms with Crippen LogP contribution in [-0.4, -0.2) is 42.4 Å². The molecule has 0 saturated carbocycles. The van der Waals surface area contributed by atoms with Crippen LogP contribution in [0.3, 0.4) is 0 Å². The fourth-order valence-corrected chi connectivity index (χ4v) is 3.29. The maximum Gasteiger partial charge on any atom is 0.339 e. The Bertz CT molecular complexity index is 996. The highest BCUT2D eigenvalue weighted by Crippen LogP contribution is 2.31. The van der Waals surface area contributed by atoms with Crippen molar-refractivity contribution in [3.05, 3.63) is 70.8 Å². The first-order valence-electron chi connectivity index (χ1n) is 9.62.